The first kappa shape index (κ1) is 23.6. The van der Waals surface area contributed by atoms with Crippen LogP contribution >= 0.6 is 0 Å². The molecule has 9 nitrogen and oxygen atoms in total. The molecule has 1 heterocycles. The third kappa shape index (κ3) is 6.96. The molecule has 3 rings (SSSR count). The van der Waals surface area contributed by atoms with Crippen LogP contribution in [0, 0.1) is 0 Å². The molecule has 2 aromatic carbocycles. The van der Waals surface area contributed by atoms with E-state index in [9.17, 15) is 18.0 Å². The standard InChI is InChI=1S/C22H26N2O7S/c1-16(25)24-17-6-8-18(9-7-17)31-22(26)5-3-2-4-12-23-32(27,28)19-10-11-20-21(15-19)30-14-13-29-20/h6-11,15,23H,2-5,12-14H2,1H3,(H,24,25). The van der Waals surface area contributed by atoms with E-state index in [1.54, 1.807) is 30.3 Å². The molecule has 0 unspecified atom stereocenters. The fraction of sp³-hybridized carbons (Fsp3) is 0.364. The Morgan fingerprint density at radius 1 is 0.969 bits per heavy atom. The lowest BCUT2D eigenvalue weighted by molar-refractivity contribution is -0.134. The van der Waals surface area contributed by atoms with Crippen molar-refractivity contribution in [3.63, 3.8) is 0 Å². The zero-order valence-electron chi connectivity index (χ0n) is 17.8. The van der Waals surface area contributed by atoms with Gasteiger partial charge in [-0.1, -0.05) is 6.42 Å². The van der Waals surface area contributed by atoms with E-state index >= 15 is 0 Å². The number of hydrogen-bond acceptors (Lipinski definition) is 7. The molecule has 1 aliphatic rings. The van der Waals surface area contributed by atoms with Gasteiger partial charge in [0.05, 0.1) is 4.90 Å². The van der Waals surface area contributed by atoms with Crippen molar-refractivity contribution >= 4 is 27.6 Å². The van der Waals surface area contributed by atoms with Crippen molar-refractivity contribution in [2.75, 3.05) is 25.1 Å². The fourth-order valence-electron chi connectivity index (χ4n) is 3.04. The molecule has 172 valence electrons. The number of fused-ring (bicyclic) bond motifs is 1. The van der Waals surface area contributed by atoms with Gasteiger partial charge in [0.25, 0.3) is 0 Å². The number of amides is 1. The number of unbranched alkanes of at least 4 members (excludes halogenated alkanes) is 2. The lowest BCUT2D eigenvalue weighted by Gasteiger charge is -2.18. The summed E-state index contributed by atoms with van der Waals surface area (Å²) < 4.78 is 43.5. The Kier molecular flexibility index (Phi) is 8.07. The predicted molar refractivity (Wildman–Crippen MR) is 117 cm³/mol. The molecule has 10 heteroatoms. The van der Waals surface area contributed by atoms with Crippen LogP contribution in [0.15, 0.2) is 47.4 Å². The van der Waals surface area contributed by atoms with Crippen molar-refractivity contribution in [3.8, 4) is 17.2 Å². The van der Waals surface area contributed by atoms with Gasteiger partial charge in [-0.3, -0.25) is 9.59 Å². The van der Waals surface area contributed by atoms with E-state index in [4.69, 9.17) is 14.2 Å². The van der Waals surface area contributed by atoms with E-state index in [1.807, 2.05) is 0 Å². The van der Waals surface area contributed by atoms with Crippen molar-refractivity contribution in [1.29, 1.82) is 0 Å². The van der Waals surface area contributed by atoms with Crippen molar-refractivity contribution in [2.45, 2.75) is 37.5 Å². The summed E-state index contributed by atoms with van der Waals surface area (Å²) in [6, 6.07) is 11.0. The maximum absolute atomic E-state index is 12.4. The number of ether oxygens (including phenoxy) is 3. The summed E-state index contributed by atoms with van der Waals surface area (Å²) in [4.78, 5) is 23.1. The Morgan fingerprint density at radius 2 is 1.69 bits per heavy atom. The molecular weight excluding hydrogens is 436 g/mol. The lowest BCUT2D eigenvalue weighted by Crippen LogP contribution is -2.25. The van der Waals surface area contributed by atoms with Crippen LogP contribution in [0.25, 0.3) is 0 Å². The highest BCUT2D eigenvalue weighted by Gasteiger charge is 2.19. The predicted octanol–water partition coefficient (Wildman–Crippen LogP) is 2.86. The van der Waals surface area contributed by atoms with Crippen molar-refractivity contribution < 1.29 is 32.2 Å². The maximum Gasteiger partial charge on any atom is 0.311 e. The van der Waals surface area contributed by atoms with Gasteiger partial charge in [-0.2, -0.15) is 0 Å². The van der Waals surface area contributed by atoms with E-state index in [0.717, 1.165) is 0 Å². The van der Waals surface area contributed by atoms with Crippen molar-refractivity contribution in [2.24, 2.45) is 0 Å². The van der Waals surface area contributed by atoms with Crippen LogP contribution in [0.5, 0.6) is 17.2 Å². The topological polar surface area (TPSA) is 120 Å². The number of esters is 1. The molecule has 0 atom stereocenters. The van der Waals surface area contributed by atoms with Crippen LogP contribution in [0.4, 0.5) is 5.69 Å². The minimum atomic E-state index is -3.65. The summed E-state index contributed by atoms with van der Waals surface area (Å²) in [7, 11) is -3.65. The van der Waals surface area contributed by atoms with Crippen molar-refractivity contribution in [3.05, 3.63) is 42.5 Å². The van der Waals surface area contributed by atoms with E-state index < -0.39 is 10.0 Å². The van der Waals surface area contributed by atoms with Gasteiger partial charge in [-0.25, -0.2) is 13.1 Å². The molecule has 0 radical (unpaired) electrons. The normalized spacial score (nSPS) is 12.8. The Balaban J connectivity index is 1.34. The van der Waals surface area contributed by atoms with E-state index in [1.165, 1.54) is 19.1 Å². The molecular formula is C22H26N2O7S. The van der Waals surface area contributed by atoms with E-state index in [2.05, 4.69) is 10.0 Å². The number of carbonyl (C=O) groups excluding carboxylic acids is 2. The minimum absolute atomic E-state index is 0.120. The van der Waals surface area contributed by atoms with Gasteiger partial charge in [0.2, 0.25) is 15.9 Å². The zero-order valence-corrected chi connectivity index (χ0v) is 18.6. The largest absolute Gasteiger partial charge is 0.486 e. The lowest BCUT2D eigenvalue weighted by atomic mass is 10.2. The highest BCUT2D eigenvalue weighted by Crippen LogP contribution is 2.32. The molecule has 32 heavy (non-hydrogen) atoms. The highest BCUT2D eigenvalue weighted by molar-refractivity contribution is 7.89. The summed E-state index contributed by atoms with van der Waals surface area (Å²) in [6.45, 7) is 2.50. The first-order chi connectivity index (χ1) is 15.3. The molecule has 0 spiro atoms. The van der Waals surface area contributed by atoms with Gasteiger partial charge in [0.1, 0.15) is 19.0 Å². The molecule has 2 aromatic rings. The van der Waals surface area contributed by atoms with E-state index in [-0.39, 0.29) is 29.7 Å². The number of nitrogens with one attached hydrogen (secondary N) is 2. The number of anilines is 1. The molecule has 1 amide bonds. The van der Waals surface area contributed by atoms with Gasteiger partial charge in [0, 0.05) is 31.6 Å². The third-order valence-corrected chi connectivity index (χ3v) is 6.04. The molecule has 0 saturated heterocycles. The number of rotatable bonds is 10. The third-order valence-electron chi connectivity index (χ3n) is 4.58. The number of carbonyl (C=O) groups is 2. The second-order valence-corrected chi connectivity index (χ2v) is 8.96. The van der Waals surface area contributed by atoms with Gasteiger partial charge in [0.15, 0.2) is 11.5 Å². The second-order valence-electron chi connectivity index (χ2n) is 7.19. The Hall–Kier alpha value is -3.11. The first-order valence-electron chi connectivity index (χ1n) is 10.3. The van der Waals surface area contributed by atoms with Gasteiger partial charge in [-0.15, -0.1) is 0 Å². The van der Waals surface area contributed by atoms with Crippen LogP contribution in [-0.4, -0.2) is 40.1 Å². The Bertz CT molecular complexity index is 1050. The molecule has 0 saturated carbocycles. The first-order valence-corrected chi connectivity index (χ1v) is 11.8. The summed E-state index contributed by atoms with van der Waals surface area (Å²) in [5.41, 5.74) is 0.621. The van der Waals surface area contributed by atoms with E-state index in [0.29, 0.717) is 55.4 Å². The summed E-state index contributed by atoms with van der Waals surface area (Å²) in [6.07, 6.45) is 2.06. The average Bonchev–Trinajstić information content (AvgIpc) is 2.77. The molecule has 1 aliphatic heterocycles. The molecule has 2 N–H and O–H groups in total. The Morgan fingerprint density at radius 3 is 2.41 bits per heavy atom. The average molecular weight is 463 g/mol. The number of benzene rings is 2. The maximum atomic E-state index is 12.4. The van der Waals surface area contributed by atoms with Crippen molar-refractivity contribution in [1.82, 2.24) is 4.72 Å². The summed E-state index contributed by atoms with van der Waals surface area (Å²) in [5.74, 6) is 0.807. The quantitative estimate of drug-likeness (QED) is 0.316. The van der Waals surface area contributed by atoms with Crippen LogP contribution in [0.3, 0.4) is 0 Å². The number of hydrogen-bond donors (Lipinski definition) is 2. The van der Waals surface area contributed by atoms with Crippen LogP contribution in [-0.2, 0) is 19.6 Å². The molecule has 0 aliphatic carbocycles. The fourth-order valence-corrected chi connectivity index (χ4v) is 4.13. The smallest absolute Gasteiger partial charge is 0.311 e. The zero-order chi connectivity index (χ0) is 23.0. The second kappa shape index (κ2) is 11.0. The van der Waals surface area contributed by atoms with Gasteiger partial charge in [-0.05, 0) is 49.2 Å². The molecule has 0 bridgehead atoms. The van der Waals surface area contributed by atoms with Crippen LogP contribution in [0.2, 0.25) is 0 Å². The highest BCUT2D eigenvalue weighted by atomic mass is 32.2. The summed E-state index contributed by atoms with van der Waals surface area (Å²) in [5, 5.41) is 2.63. The summed E-state index contributed by atoms with van der Waals surface area (Å²) >= 11 is 0. The van der Waals surface area contributed by atoms with Crippen LogP contribution in [0.1, 0.15) is 32.6 Å². The van der Waals surface area contributed by atoms with Gasteiger partial charge < -0.3 is 19.5 Å². The monoisotopic (exact) mass is 462 g/mol. The number of sulfonamides is 1. The van der Waals surface area contributed by atoms with Crippen LogP contribution < -0.4 is 24.2 Å². The van der Waals surface area contributed by atoms with Gasteiger partial charge >= 0.3 is 5.97 Å². The minimum Gasteiger partial charge on any atom is -0.486 e. The molecule has 0 fully saturated rings. The Labute approximate surface area is 187 Å². The molecule has 0 aromatic heterocycles. The SMILES string of the molecule is CC(=O)Nc1ccc(OC(=O)CCCCCNS(=O)(=O)c2ccc3c(c2)OCCO3)cc1.